The minimum atomic E-state index is -0.136. The van der Waals surface area contributed by atoms with Crippen LogP contribution in [0.5, 0.6) is 0 Å². The van der Waals surface area contributed by atoms with Crippen LogP contribution >= 0.6 is 27.5 Å². The van der Waals surface area contributed by atoms with Gasteiger partial charge >= 0.3 is 0 Å². The average molecular weight is 340 g/mol. The number of benzene rings is 1. The van der Waals surface area contributed by atoms with E-state index in [0.717, 1.165) is 16.5 Å². The monoisotopic (exact) mass is 338 g/mol. The van der Waals surface area contributed by atoms with Gasteiger partial charge in [-0.05, 0) is 58.2 Å². The minimum absolute atomic E-state index is 0.136. The zero-order valence-electron chi connectivity index (χ0n) is 10.1. The smallest absolute Gasteiger partial charge is 0.252 e. The second-order valence-corrected chi connectivity index (χ2v) is 5.28. The van der Waals surface area contributed by atoms with Crippen molar-refractivity contribution in [2.75, 3.05) is 6.54 Å². The van der Waals surface area contributed by atoms with Crippen LogP contribution in [-0.2, 0) is 6.42 Å². The Hall–Kier alpha value is -1.39. The lowest BCUT2D eigenvalue weighted by molar-refractivity contribution is 0.0953. The molecule has 2 aromatic rings. The number of rotatable bonds is 4. The number of hydrogen-bond donors (Lipinski definition) is 1. The molecule has 0 atom stereocenters. The first-order valence-corrected chi connectivity index (χ1v) is 6.96. The Kier molecular flexibility index (Phi) is 4.93. The fourth-order valence-electron chi connectivity index (χ4n) is 1.64. The van der Waals surface area contributed by atoms with Gasteiger partial charge < -0.3 is 5.32 Å². The third kappa shape index (κ3) is 4.04. The molecule has 98 valence electrons. The summed E-state index contributed by atoms with van der Waals surface area (Å²) < 4.78 is 0.735. The second-order valence-electron chi connectivity index (χ2n) is 3.99. The SMILES string of the molecule is O=C(NCCc1ccncc1)c1cc(Cl)ccc1Br. The topological polar surface area (TPSA) is 42.0 Å². The lowest BCUT2D eigenvalue weighted by Crippen LogP contribution is -2.26. The van der Waals surface area contributed by atoms with Crippen molar-refractivity contribution in [1.82, 2.24) is 10.3 Å². The number of amides is 1. The molecule has 0 aliphatic heterocycles. The molecule has 0 saturated carbocycles. The van der Waals surface area contributed by atoms with E-state index < -0.39 is 0 Å². The number of pyridine rings is 1. The Balaban J connectivity index is 1.93. The first kappa shape index (κ1) is 14.0. The second kappa shape index (κ2) is 6.68. The molecular weight excluding hydrogens is 328 g/mol. The van der Waals surface area contributed by atoms with Crippen molar-refractivity contribution in [2.45, 2.75) is 6.42 Å². The maximum absolute atomic E-state index is 12.0. The minimum Gasteiger partial charge on any atom is -0.352 e. The molecule has 19 heavy (non-hydrogen) atoms. The molecular formula is C14H12BrClN2O. The molecule has 1 aromatic carbocycles. The Morgan fingerprint density at radius 1 is 1.26 bits per heavy atom. The van der Waals surface area contributed by atoms with Gasteiger partial charge in [-0.2, -0.15) is 0 Å². The molecule has 2 rings (SSSR count). The van der Waals surface area contributed by atoms with Crippen molar-refractivity contribution in [1.29, 1.82) is 0 Å². The highest BCUT2D eigenvalue weighted by Crippen LogP contribution is 2.20. The molecule has 0 radical (unpaired) electrons. The zero-order valence-corrected chi connectivity index (χ0v) is 12.4. The predicted octanol–water partition coefficient (Wildman–Crippen LogP) is 3.47. The molecule has 1 N–H and O–H groups in total. The summed E-state index contributed by atoms with van der Waals surface area (Å²) in [6, 6.07) is 9.01. The van der Waals surface area contributed by atoms with Gasteiger partial charge in [-0.3, -0.25) is 9.78 Å². The van der Waals surface area contributed by atoms with Crippen LogP contribution < -0.4 is 5.32 Å². The highest BCUT2D eigenvalue weighted by Gasteiger charge is 2.09. The Morgan fingerprint density at radius 3 is 2.74 bits per heavy atom. The number of hydrogen-bond acceptors (Lipinski definition) is 2. The van der Waals surface area contributed by atoms with Crippen molar-refractivity contribution < 1.29 is 4.79 Å². The molecule has 1 amide bonds. The van der Waals surface area contributed by atoms with E-state index in [-0.39, 0.29) is 5.91 Å². The van der Waals surface area contributed by atoms with Crippen molar-refractivity contribution >= 4 is 33.4 Å². The van der Waals surface area contributed by atoms with Crippen LogP contribution in [0.2, 0.25) is 5.02 Å². The highest BCUT2D eigenvalue weighted by atomic mass is 79.9. The molecule has 5 heteroatoms. The lowest BCUT2D eigenvalue weighted by atomic mass is 10.2. The van der Waals surface area contributed by atoms with Crippen molar-refractivity contribution in [3.05, 3.63) is 63.3 Å². The van der Waals surface area contributed by atoms with E-state index in [0.29, 0.717) is 17.1 Å². The fourth-order valence-corrected chi connectivity index (χ4v) is 2.24. The van der Waals surface area contributed by atoms with Crippen molar-refractivity contribution in [2.24, 2.45) is 0 Å². The quantitative estimate of drug-likeness (QED) is 0.927. The Bertz CT molecular complexity index is 575. The van der Waals surface area contributed by atoms with Crippen molar-refractivity contribution in [3.63, 3.8) is 0 Å². The standard InChI is InChI=1S/C14H12BrClN2O/c15-13-2-1-11(16)9-12(13)14(19)18-8-5-10-3-6-17-7-4-10/h1-4,6-7,9H,5,8H2,(H,18,19). The normalized spacial score (nSPS) is 10.2. The van der Waals surface area contributed by atoms with Gasteiger partial charge in [0.05, 0.1) is 5.56 Å². The molecule has 0 aliphatic rings. The largest absolute Gasteiger partial charge is 0.352 e. The van der Waals surface area contributed by atoms with E-state index in [9.17, 15) is 4.79 Å². The van der Waals surface area contributed by atoms with Crippen LogP contribution in [0.3, 0.4) is 0 Å². The highest BCUT2D eigenvalue weighted by molar-refractivity contribution is 9.10. The van der Waals surface area contributed by atoms with E-state index in [1.54, 1.807) is 30.6 Å². The summed E-state index contributed by atoms with van der Waals surface area (Å²) in [5, 5.41) is 3.41. The number of halogens is 2. The van der Waals surface area contributed by atoms with Gasteiger partial charge in [0.25, 0.3) is 5.91 Å². The van der Waals surface area contributed by atoms with Crippen LogP contribution in [0, 0.1) is 0 Å². The maximum Gasteiger partial charge on any atom is 0.252 e. The average Bonchev–Trinajstić information content (AvgIpc) is 2.42. The summed E-state index contributed by atoms with van der Waals surface area (Å²) in [5.74, 6) is -0.136. The summed E-state index contributed by atoms with van der Waals surface area (Å²) in [4.78, 5) is 15.9. The molecule has 0 saturated heterocycles. The van der Waals surface area contributed by atoms with E-state index in [1.807, 2.05) is 12.1 Å². The fraction of sp³-hybridized carbons (Fsp3) is 0.143. The Labute approximate surface area is 125 Å². The first-order chi connectivity index (χ1) is 9.16. The van der Waals surface area contributed by atoms with Crippen molar-refractivity contribution in [3.8, 4) is 0 Å². The van der Waals surface area contributed by atoms with E-state index in [4.69, 9.17) is 11.6 Å². The molecule has 0 aliphatic carbocycles. The number of aromatic nitrogens is 1. The number of carbonyl (C=O) groups excluding carboxylic acids is 1. The third-order valence-electron chi connectivity index (χ3n) is 2.62. The summed E-state index contributed by atoms with van der Waals surface area (Å²) in [6.45, 7) is 0.571. The number of nitrogens with one attached hydrogen (secondary N) is 1. The third-order valence-corrected chi connectivity index (χ3v) is 3.55. The zero-order chi connectivity index (χ0) is 13.7. The predicted molar refractivity (Wildman–Crippen MR) is 79.4 cm³/mol. The summed E-state index contributed by atoms with van der Waals surface area (Å²) in [6.07, 6.45) is 4.25. The van der Waals surface area contributed by atoms with Crippen LogP contribution in [0.25, 0.3) is 0 Å². The van der Waals surface area contributed by atoms with E-state index in [2.05, 4.69) is 26.2 Å². The van der Waals surface area contributed by atoms with Crippen LogP contribution in [0.15, 0.2) is 47.2 Å². The van der Waals surface area contributed by atoms with Gasteiger partial charge in [0.1, 0.15) is 0 Å². The molecule has 0 bridgehead atoms. The molecule has 3 nitrogen and oxygen atoms in total. The van der Waals surface area contributed by atoms with Gasteiger partial charge in [0.2, 0.25) is 0 Å². The summed E-state index contributed by atoms with van der Waals surface area (Å²) >= 11 is 9.22. The summed E-state index contributed by atoms with van der Waals surface area (Å²) in [7, 11) is 0. The molecule has 0 fully saturated rings. The molecule has 0 spiro atoms. The van der Waals surface area contributed by atoms with Crippen LogP contribution in [-0.4, -0.2) is 17.4 Å². The van der Waals surface area contributed by atoms with Gasteiger partial charge in [-0.25, -0.2) is 0 Å². The van der Waals surface area contributed by atoms with Crippen LogP contribution in [0.1, 0.15) is 15.9 Å². The molecule has 1 heterocycles. The molecule has 1 aromatic heterocycles. The maximum atomic E-state index is 12.0. The van der Waals surface area contributed by atoms with E-state index >= 15 is 0 Å². The van der Waals surface area contributed by atoms with Gasteiger partial charge in [0.15, 0.2) is 0 Å². The van der Waals surface area contributed by atoms with E-state index in [1.165, 1.54) is 0 Å². The lowest BCUT2D eigenvalue weighted by Gasteiger charge is -2.07. The molecule has 0 unspecified atom stereocenters. The van der Waals surface area contributed by atoms with Crippen LogP contribution in [0.4, 0.5) is 0 Å². The first-order valence-electron chi connectivity index (χ1n) is 5.79. The summed E-state index contributed by atoms with van der Waals surface area (Å²) in [5.41, 5.74) is 1.68. The number of nitrogens with zero attached hydrogens (tertiary/aromatic N) is 1. The Morgan fingerprint density at radius 2 is 2.00 bits per heavy atom. The van der Waals surface area contributed by atoms with Gasteiger partial charge in [-0.15, -0.1) is 0 Å². The van der Waals surface area contributed by atoms with Gasteiger partial charge in [-0.1, -0.05) is 11.6 Å². The van der Waals surface area contributed by atoms with Gasteiger partial charge in [0, 0.05) is 28.4 Å². The number of carbonyl (C=O) groups is 1.